The van der Waals surface area contributed by atoms with Crippen LogP contribution in [0, 0.1) is 6.92 Å². The van der Waals surface area contributed by atoms with E-state index in [0.29, 0.717) is 11.8 Å². The predicted octanol–water partition coefficient (Wildman–Crippen LogP) is 0.669. The van der Waals surface area contributed by atoms with Crippen molar-refractivity contribution in [1.82, 2.24) is 24.7 Å². The van der Waals surface area contributed by atoms with Gasteiger partial charge in [0.05, 0.1) is 12.2 Å². The summed E-state index contributed by atoms with van der Waals surface area (Å²) in [5.74, 6) is 1.29. The third-order valence-corrected chi connectivity index (χ3v) is 2.33. The lowest BCUT2D eigenvalue weighted by Gasteiger charge is -2.12. The Bertz CT molecular complexity index is 499. The maximum absolute atomic E-state index is 5.56. The highest BCUT2D eigenvalue weighted by molar-refractivity contribution is 5.33. The van der Waals surface area contributed by atoms with Gasteiger partial charge in [-0.2, -0.15) is 20.1 Å². The van der Waals surface area contributed by atoms with Gasteiger partial charge in [-0.1, -0.05) is 0 Å². The predicted molar refractivity (Wildman–Crippen MR) is 64.2 cm³/mol. The average Bonchev–Trinajstić information content (AvgIpc) is 2.63. The third-order valence-electron chi connectivity index (χ3n) is 2.33. The number of hydrogen-bond acceptors (Lipinski definition) is 6. The van der Waals surface area contributed by atoms with Crippen LogP contribution in [0.1, 0.15) is 24.4 Å². The summed E-state index contributed by atoms with van der Waals surface area (Å²) in [6.45, 7) is 3.78. The average molecular weight is 233 g/mol. The SMILES string of the molecule is Cc1nc(N)nc(NC(C)c2cnn(C)c2)n1. The molecule has 90 valence electrons. The lowest BCUT2D eigenvalue weighted by atomic mass is 10.2. The van der Waals surface area contributed by atoms with E-state index in [1.807, 2.05) is 20.2 Å². The number of anilines is 2. The number of nitrogen functional groups attached to an aromatic ring is 1. The van der Waals surface area contributed by atoms with Crippen molar-refractivity contribution in [2.24, 2.45) is 7.05 Å². The molecule has 2 aromatic rings. The number of nitrogens with two attached hydrogens (primary N) is 1. The van der Waals surface area contributed by atoms with E-state index in [1.54, 1.807) is 17.8 Å². The molecule has 0 radical (unpaired) electrons. The molecule has 2 rings (SSSR count). The van der Waals surface area contributed by atoms with E-state index >= 15 is 0 Å². The van der Waals surface area contributed by atoms with Crippen LogP contribution < -0.4 is 11.1 Å². The molecule has 0 aliphatic carbocycles. The minimum atomic E-state index is 0.0601. The third kappa shape index (κ3) is 2.68. The normalized spacial score (nSPS) is 12.4. The van der Waals surface area contributed by atoms with Crippen LogP contribution in [0.4, 0.5) is 11.9 Å². The number of aryl methyl sites for hydroxylation is 2. The fourth-order valence-electron chi connectivity index (χ4n) is 1.51. The summed E-state index contributed by atoms with van der Waals surface area (Å²) in [5.41, 5.74) is 6.62. The first-order valence-corrected chi connectivity index (χ1v) is 5.28. The van der Waals surface area contributed by atoms with Crippen molar-refractivity contribution in [3.8, 4) is 0 Å². The number of rotatable bonds is 3. The van der Waals surface area contributed by atoms with Gasteiger partial charge in [0.15, 0.2) is 0 Å². The molecule has 3 N–H and O–H groups in total. The van der Waals surface area contributed by atoms with Crippen LogP contribution in [0.5, 0.6) is 0 Å². The molecule has 0 spiro atoms. The summed E-state index contributed by atoms with van der Waals surface area (Å²) >= 11 is 0. The van der Waals surface area contributed by atoms with Crippen LogP contribution in [0.25, 0.3) is 0 Å². The number of aromatic nitrogens is 5. The molecule has 0 amide bonds. The van der Waals surface area contributed by atoms with E-state index in [9.17, 15) is 0 Å². The van der Waals surface area contributed by atoms with E-state index in [0.717, 1.165) is 5.56 Å². The van der Waals surface area contributed by atoms with Gasteiger partial charge in [-0.25, -0.2) is 0 Å². The number of nitrogens with one attached hydrogen (secondary N) is 1. The highest BCUT2D eigenvalue weighted by Gasteiger charge is 2.09. The quantitative estimate of drug-likeness (QED) is 0.809. The molecule has 0 aromatic carbocycles. The van der Waals surface area contributed by atoms with Crippen molar-refractivity contribution >= 4 is 11.9 Å². The fraction of sp³-hybridized carbons (Fsp3) is 0.400. The lowest BCUT2D eigenvalue weighted by molar-refractivity contribution is 0.764. The first kappa shape index (κ1) is 11.3. The second kappa shape index (κ2) is 4.36. The van der Waals surface area contributed by atoms with Gasteiger partial charge in [-0.15, -0.1) is 0 Å². The maximum Gasteiger partial charge on any atom is 0.228 e. The Morgan fingerprint density at radius 3 is 2.71 bits per heavy atom. The molecule has 0 saturated carbocycles. The highest BCUT2D eigenvalue weighted by Crippen LogP contribution is 2.15. The first-order chi connectivity index (χ1) is 8.04. The van der Waals surface area contributed by atoms with E-state index < -0.39 is 0 Å². The fourth-order valence-corrected chi connectivity index (χ4v) is 1.51. The molecular formula is C10H15N7. The van der Waals surface area contributed by atoms with Gasteiger partial charge in [-0.3, -0.25) is 4.68 Å². The summed E-state index contributed by atoms with van der Waals surface area (Å²) in [7, 11) is 1.88. The summed E-state index contributed by atoms with van der Waals surface area (Å²) in [5, 5.41) is 7.27. The van der Waals surface area contributed by atoms with Gasteiger partial charge < -0.3 is 11.1 Å². The standard InChI is InChI=1S/C10H15N7/c1-6(8-4-12-17(3)5-8)13-10-15-7(2)14-9(11)16-10/h4-6H,1-3H3,(H3,11,13,14,15,16). The Balaban J connectivity index is 2.15. The Labute approximate surface area is 99.1 Å². The van der Waals surface area contributed by atoms with Crippen molar-refractivity contribution in [2.75, 3.05) is 11.1 Å². The molecule has 2 heterocycles. The molecule has 1 unspecified atom stereocenters. The second-order valence-corrected chi connectivity index (χ2v) is 3.88. The Morgan fingerprint density at radius 1 is 1.35 bits per heavy atom. The lowest BCUT2D eigenvalue weighted by Crippen LogP contribution is -2.11. The van der Waals surface area contributed by atoms with Crippen molar-refractivity contribution in [3.05, 3.63) is 23.8 Å². The van der Waals surface area contributed by atoms with Gasteiger partial charge in [0.25, 0.3) is 0 Å². The minimum Gasteiger partial charge on any atom is -0.368 e. The molecule has 17 heavy (non-hydrogen) atoms. The van der Waals surface area contributed by atoms with Crippen LogP contribution >= 0.6 is 0 Å². The van der Waals surface area contributed by atoms with E-state index in [1.165, 1.54) is 0 Å². The topological polar surface area (TPSA) is 94.5 Å². The van der Waals surface area contributed by atoms with Gasteiger partial charge in [0.1, 0.15) is 5.82 Å². The summed E-state index contributed by atoms with van der Waals surface area (Å²) in [6, 6.07) is 0.0601. The summed E-state index contributed by atoms with van der Waals surface area (Å²) < 4.78 is 1.75. The molecule has 7 heteroatoms. The van der Waals surface area contributed by atoms with Crippen LogP contribution in [-0.4, -0.2) is 24.7 Å². The monoisotopic (exact) mass is 233 g/mol. The molecule has 0 aliphatic rings. The molecular weight excluding hydrogens is 218 g/mol. The molecule has 2 aromatic heterocycles. The first-order valence-electron chi connectivity index (χ1n) is 5.28. The Hall–Kier alpha value is -2.18. The molecule has 0 aliphatic heterocycles. The van der Waals surface area contributed by atoms with Crippen LogP contribution in [-0.2, 0) is 7.05 Å². The van der Waals surface area contributed by atoms with E-state index in [2.05, 4.69) is 25.4 Å². The van der Waals surface area contributed by atoms with E-state index in [4.69, 9.17) is 5.73 Å². The number of hydrogen-bond donors (Lipinski definition) is 2. The van der Waals surface area contributed by atoms with Crippen LogP contribution in [0.2, 0.25) is 0 Å². The van der Waals surface area contributed by atoms with Crippen molar-refractivity contribution < 1.29 is 0 Å². The molecule has 0 fully saturated rings. The van der Waals surface area contributed by atoms with Crippen molar-refractivity contribution in [3.63, 3.8) is 0 Å². The van der Waals surface area contributed by atoms with Gasteiger partial charge >= 0.3 is 0 Å². The summed E-state index contributed by atoms with van der Waals surface area (Å²) in [4.78, 5) is 12.1. The van der Waals surface area contributed by atoms with Crippen molar-refractivity contribution in [1.29, 1.82) is 0 Å². The molecule has 1 atom stereocenters. The minimum absolute atomic E-state index is 0.0601. The van der Waals surface area contributed by atoms with Gasteiger partial charge in [-0.05, 0) is 13.8 Å². The smallest absolute Gasteiger partial charge is 0.228 e. The maximum atomic E-state index is 5.56. The second-order valence-electron chi connectivity index (χ2n) is 3.88. The van der Waals surface area contributed by atoms with Crippen LogP contribution in [0.15, 0.2) is 12.4 Å². The Kier molecular flexibility index (Phi) is 2.90. The van der Waals surface area contributed by atoms with E-state index in [-0.39, 0.29) is 12.0 Å². The van der Waals surface area contributed by atoms with Gasteiger partial charge in [0, 0.05) is 18.8 Å². The van der Waals surface area contributed by atoms with Crippen molar-refractivity contribution in [2.45, 2.75) is 19.9 Å². The zero-order valence-electron chi connectivity index (χ0n) is 10.0. The highest BCUT2D eigenvalue weighted by atomic mass is 15.2. The molecule has 0 bridgehead atoms. The van der Waals surface area contributed by atoms with Gasteiger partial charge in [0.2, 0.25) is 11.9 Å². The Morgan fingerprint density at radius 2 is 2.12 bits per heavy atom. The molecule has 7 nitrogen and oxygen atoms in total. The summed E-state index contributed by atoms with van der Waals surface area (Å²) in [6.07, 6.45) is 3.74. The largest absolute Gasteiger partial charge is 0.368 e. The zero-order valence-corrected chi connectivity index (χ0v) is 10.0. The van der Waals surface area contributed by atoms with Crippen LogP contribution in [0.3, 0.4) is 0 Å². The molecule has 0 saturated heterocycles. The number of nitrogens with zero attached hydrogens (tertiary/aromatic N) is 5. The zero-order chi connectivity index (χ0) is 12.4.